The highest BCUT2D eigenvalue weighted by Crippen LogP contribution is 2.50. The van der Waals surface area contributed by atoms with Crippen molar-refractivity contribution in [3.8, 4) is 6.07 Å². The smallest absolute Gasteiger partial charge is 0.234 e. The van der Waals surface area contributed by atoms with E-state index in [9.17, 15) is 19.2 Å². The lowest BCUT2D eigenvalue weighted by molar-refractivity contribution is -0.118. The van der Waals surface area contributed by atoms with Crippen molar-refractivity contribution >= 4 is 57.2 Å². The molecule has 1 amide bonds. The number of hydrogen-bond acceptors (Lipinski definition) is 9. The summed E-state index contributed by atoms with van der Waals surface area (Å²) >= 11 is 8.60. The van der Waals surface area contributed by atoms with E-state index >= 15 is 0 Å². The fraction of sp³-hybridized carbons (Fsp3) is 0.250. The molecular weight excluding hydrogens is 571 g/mol. The van der Waals surface area contributed by atoms with Crippen LogP contribution in [0, 0.1) is 22.6 Å². The molecule has 5 rings (SSSR count). The van der Waals surface area contributed by atoms with Crippen molar-refractivity contribution in [3.63, 3.8) is 0 Å². The number of halogens is 2. The Balaban J connectivity index is 1.47. The van der Waals surface area contributed by atoms with Crippen molar-refractivity contribution in [2.24, 2.45) is 11.1 Å². The summed E-state index contributed by atoms with van der Waals surface area (Å²) in [7, 11) is 0. The summed E-state index contributed by atoms with van der Waals surface area (Å²) in [6.45, 7) is 4.02. The number of hydrogen-bond donors (Lipinski definition) is 2. The molecule has 0 radical (unpaired) electrons. The van der Waals surface area contributed by atoms with Crippen LogP contribution >= 0.6 is 34.7 Å². The Hall–Kier alpha value is -3.72. The number of nitrogens with zero attached hydrogens (tertiary/aromatic N) is 4. The van der Waals surface area contributed by atoms with Gasteiger partial charge in [-0.25, -0.2) is 4.39 Å². The summed E-state index contributed by atoms with van der Waals surface area (Å²) in [6, 6.07) is 15.2. The lowest BCUT2D eigenvalue weighted by Gasteiger charge is -2.42. The molecule has 1 aliphatic carbocycles. The monoisotopic (exact) mass is 594 g/mol. The number of allylic oxidation sites excluding steroid dienone is 3. The average molecular weight is 595 g/mol. The molecule has 204 valence electrons. The summed E-state index contributed by atoms with van der Waals surface area (Å²) in [5, 5.41) is 22.1. The normalized spacial score (nSPS) is 18.4. The van der Waals surface area contributed by atoms with E-state index in [4.69, 9.17) is 17.3 Å². The number of carbonyl (C=O) groups excluding carboxylic acids is 2. The topological polar surface area (TPSA) is 125 Å². The fourth-order valence-corrected chi connectivity index (χ4v) is 6.85. The van der Waals surface area contributed by atoms with Gasteiger partial charge in [-0.3, -0.25) is 14.5 Å². The maximum absolute atomic E-state index is 13.9. The molecule has 1 unspecified atom stereocenters. The number of aromatic nitrogens is 2. The maximum atomic E-state index is 13.9. The van der Waals surface area contributed by atoms with Crippen LogP contribution < -0.4 is 16.0 Å². The molecule has 12 heteroatoms. The van der Waals surface area contributed by atoms with E-state index < -0.39 is 17.6 Å². The summed E-state index contributed by atoms with van der Waals surface area (Å²) in [5.74, 6) is -1.49. The van der Waals surface area contributed by atoms with Crippen molar-refractivity contribution < 1.29 is 14.0 Å². The van der Waals surface area contributed by atoms with Crippen LogP contribution in [0.25, 0.3) is 0 Å². The molecule has 0 bridgehead atoms. The number of nitrogens with one attached hydrogen (secondary N) is 1. The van der Waals surface area contributed by atoms with E-state index in [1.807, 2.05) is 19.9 Å². The van der Waals surface area contributed by atoms with Crippen molar-refractivity contribution in [2.45, 2.75) is 36.9 Å². The molecule has 2 heterocycles. The largest absolute Gasteiger partial charge is 0.384 e. The van der Waals surface area contributed by atoms with E-state index in [0.717, 1.165) is 11.8 Å². The van der Waals surface area contributed by atoms with Crippen LogP contribution in [0.4, 0.5) is 15.2 Å². The number of thioether (sulfide) groups is 1. The number of rotatable bonds is 6. The van der Waals surface area contributed by atoms with Gasteiger partial charge in [-0.05, 0) is 41.7 Å². The Labute approximate surface area is 243 Å². The second-order valence-corrected chi connectivity index (χ2v) is 12.8. The van der Waals surface area contributed by atoms with Gasteiger partial charge in [0.1, 0.15) is 11.6 Å². The Morgan fingerprint density at radius 1 is 1.27 bits per heavy atom. The number of nitrogens with two attached hydrogens (primary N) is 1. The third-order valence-corrected chi connectivity index (χ3v) is 8.90. The highest BCUT2D eigenvalue weighted by Gasteiger charge is 2.45. The first-order valence-corrected chi connectivity index (χ1v) is 14.5. The van der Waals surface area contributed by atoms with Crippen molar-refractivity contribution in [1.29, 1.82) is 5.26 Å². The molecule has 0 fully saturated rings. The summed E-state index contributed by atoms with van der Waals surface area (Å²) in [6.07, 6.45) is 0.849. The van der Waals surface area contributed by atoms with Gasteiger partial charge >= 0.3 is 0 Å². The molecule has 3 N–H and O–H groups in total. The minimum absolute atomic E-state index is 0.0198. The third kappa shape index (κ3) is 5.47. The highest BCUT2D eigenvalue weighted by molar-refractivity contribution is 8.01. The van der Waals surface area contributed by atoms with E-state index in [1.54, 1.807) is 35.2 Å². The van der Waals surface area contributed by atoms with Crippen molar-refractivity contribution in [3.05, 3.63) is 87.6 Å². The van der Waals surface area contributed by atoms with Crippen LogP contribution in [-0.4, -0.2) is 27.6 Å². The summed E-state index contributed by atoms with van der Waals surface area (Å²) in [4.78, 5) is 27.7. The highest BCUT2D eigenvalue weighted by atomic mass is 35.5. The number of ketones is 1. The van der Waals surface area contributed by atoms with Gasteiger partial charge < -0.3 is 11.1 Å². The van der Waals surface area contributed by atoms with Crippen LogP contribution in [0.3, 0.4) is 0 Å². The number of nitriles is 1. The van der Waals surface area contributed by atoms with Gasteiger partial charge in [-0.15, -0.1) is 10.2 Å². The molecule has 8 nitrogen and oxygen atoms in total. The van der Waals surface area contributed by atoms with Crippen molar-refractivity contribution in [1.82, 2.24) is 10.2 Å². The number of para-hydroxylation sites is 1. The molecule has 0 spiro atoms. The molecule has 1 aromatic heterocycles. The number of amides is 1. The van der Waals surface area contributed by atoms with Gasteiger partial charge in [0.15, 0.2) is 10.1 Å². The Morgan fingerprint density at radius 3 is 2.77 bits per heavy atom. The van der Waals surface area contributed by atoms with E-state index in [-0.39, 0.29) is 34.0 Å². The van der Waals surface area contributed by atoms with Gasteiger partial charge in [0.05, 0.1) is 29.0 Å². The molecule has 0 saturated carbocycles. The van der Waals surface area contributed by atoms with Gasteiger partial charge in [0.2, 0.25) is 11.0 Å². The molecule has 40 heavy (non-hydrogen) atoms. The minimum atomic E-state index is -0.651. The van der Waals surface area contributed by atoms with Gasteiger partial charge in [0.25, 0.3) is 0 Å². The Bertz CT molecular complexity index is 1630. The van der Waals surface area contributed by atoms with E-state index in [1.165, 1.54) is 23.5 Å². The molecular formula is C28H24ClFN6O2S2. The van der Waals surface area contributed by atoms with E-state index in [0.29, 0.717) is 44.2 Å². The molecule has 0 saturated heterocycles. The van der Waals surface area contributed by atoms with Crippen LogP contribution in [0.1, 0.15) is 38.2 Å². The third-order valence-electron chi connectivity index (χ3n) is 6.62. The molecule has 1 atom stereocenters. The van der Waals surface area contributed by atoms with Crippen LogP contribution in [0.15, 0.2) is 75.5 Å². The SMILES string of the molecule is CC1(C)CC(=O)C2=C(C1)N(c1nnc(SCC(=O)Nc3ccccc3F)s1)C(N)=C(C#N)C2c1cccc(Cl)c1. The average Bonchev–Trinajstić information content (AvgIpc) is 3.36. The zero-order valence-electron chi connectivity index (χ0n) is 21.6. The lowest BCUT2D eigenvalue weighted by atomic mass is 9.69. The first kappa shape index (κ1) is 27.8. The first-order chi connectivity index (χ1) is 19.1. The quantitative estimate of drug-likeness (QED) is 0.333. The minimum Gasteiger partial charge on any atom is -0.384 e. The number of anilines is 2. The van der Waals surface area contributed by atoms with Crippen LogP contribution in [0.5, 0.6) is 0 Å². The predicted octanol–water partition coefficient (Wildman–Crippen LogP) is 6.00. The zero-order valence-corrected chi connectivity index (χ0v) is 24.0. The number of benzene rings is 2. The second kappa shape index (κ2) is 11.0. The molecule has 2 aromatic carbocycles. The zero-order chi connectivity index (χ0) is 28.6. The number of carbonyl (C=O) groups is 2. The van der Waals surface area contributed by atoms with Gasteiger partial charge in [0, 0.05) is 22.7 Å². The first-order valence-electron chi connectivity index (χ1n) is 12.3. The Kier molecular flexibility index (Phi) is 7.68. The lowest BCUT2D eigenvalue weighted by Crippen LogP contribution is -2.42. The fourth-order valence-electron chi connectivity index (χ4n) is 4.97. The van der Waals surface area contributed by atoms with Crippen LogP contribution in [0.2, 0.25) is 5.02 Å². The summed E-state index contributed by atoms with van der Waals surface area (Å²) in [5.41, 5.74) is 8.50. The molecule has 1 aliphatic heterocycles. The number of Topliss-reactive ketones (excluding diaryl/α,β-unsaturated/α-hetero) is 1. The standard InChI is InChI=1S/C28H24ClFN6O2S2/c1-28(2)11-20-24(21(37)12-28)23(15-6-5-7-16(29)10-15)17(13-31)25(32)36(20)26-34-35-27(40-26)39-14-22(38)33-19-9-4-3-8-18(19)30/h3-10,23H,11-12,14,32H2,1-2H3,(H,33,38). The van der Waals surface area contributed by atoms with Crippen molar-refractivity contribution in [2.75, 3.05) is 16.0 Å². The molecule has 2 aliphatic rings. The summed E-state index contributed by atoms with van der Waals surface area (Å²) < 4.78 is 14.3. The predicted molar refractivity (Wildman–Crippen MR) is 154 cm³/mol. The second-order valence-electron chi connectivity index (χ2n) is 10.2. The molecule has 3 aromatic rings. The van der Waals surface area contributed by atoms with Crippen LogP contribution in [-0.2, 0) is 9.59 Å². The van der Waals surface area contributed by atoms with Gasteiger partial charge in [-0.2, -0.15) is 5.26 Å². The van der Waals surface area contributed by atoms with E-state index in [2.05, 4.69) is 21.6 Å². The maximum Gasteiger partial charge on any atom is 0.234 e. The van der Waals surface area contributed by atoms with Gasteiger partial charge in [-0.1, -0.05) is 72.8 Å². The Morgan fingerprint density at radius 2 is 2.05 bits per heavy atom.